The Balaban J connectivity index is 1.61. The average Bonchev–Trinajstić information content (AvgIpc) is 2.53. The molecule has 0 aromatic heterocycles. The molecule has 0 radical (unpaired) electrons. The van der Waals surface area contributed by atoms with Gasteiger partial charge in [-0.25, -0.2) is 0 Å². The van der Waals surface area contributed by atoms with Crippen LogP contribution in [0.25, 0.3) is 0 Å². The van der Waals surface area contributed by atoms with Crippen LogP contribution in [0.15, 0.2) is 0 Å². The molecule has 1 aliphatic heterocycles. The van der Waals surface area contributed by atoms with Gasteiger partial charge >= 0.3 is 0 Å². The average molecular weight is 325 g/mol. The van der Waals surface area contributed by atoms with Crippen molar-refractivity contribution in [3.05, 3.63) is 0 Å². The molecule has 136 valence electrons. The zero-order valence-corrected chi connectivity index (χ0v) is 16.3. The number of nitrogens with zero attached hydrogens (tertiary/aromatic N) is 2. The Morgan fingerprint density at radius 2 is 1.48 bits per heavy atom. The van der Waals surface area contributed by atoms with Crippen molar-refractivity contribution in [3.63, 3.8) is 0 Å². The summed E-state index contributed by atoms with van der Waals surface area (Å²) < 4.78 is 5.99. The Morgan fingerprint density at radius 1 is 0.870 bits per heavy atom. The lowest BCUT2D eigenvalue weighted by Gasteiger charge is -2.38. The first-order valence-corrected chi connectivity index (χ1v) is 10.1. The highest BCUT2D eigenvalue weighted by Gasteiger charge is 2.27. The third-order valence-corrected chi connectivity index (χ3v) is 6.03. The van der Waals surface area contributed by atoms with Crippen molar-refractivity contribution in [2.75, 3.05) is 32.7 Å². The molecule has 0 aromatic carbocycles. The molecule has 3 heteroatoms. The van der Waals surface area contributed by atoms with Crippen molar-refractivity contribution in [1.29, 1.82) is 0 Å². The van der Waals surface area contributed by atoms with E-state index in [9.17, 15) is 0 Å². The molecule has 2 rings (SSSR count). The molecule has 1 unspecified atom stereocenters. The van der Waals surface area contributed by atoms with Gasteiger partial charge in [-0.1, -0.05) is 6.92 Å². The quantitative estimate of drug-likeness (QED) is 0.703. The molecule has 1 aliphatic carbocycles. The number of hydrogen-bond acceptors (Lipinski definition) is 3. The summed E-state index contributed by atoms with van der Waals surface area (Å²) in [5.41, 5.74) is 0. The lowest BCUT2D eigenvalue weighted by molar-refractivity contribution is -0.0245. The number of ether oxygens (including phenoxy) is 1. The molecule has 2 fully saturated rings. The molecular weight excluding hydrogens is 284 g/mol. The second-order valence-corrected chi connectivity index (χ2v) is 8.46. The zero-order chi connectivity index (χ0) is 16.8. The summed E-state index contributed by atoms with van der Waals surface area (Å²) in [4.78, 5) is 5.29. The summed E-state index contributed by atoms with van der Waals surface area (Å²) in [6, 6.07) is 0.708. The Bertz CT molecular complexity index is 316. The molecule has 23 heavy (non-hydrogen) atoms. The van der Waals surface area contributed by atoms with E-state index in [0.717, 1.165) is 11.8 Å². The third-order valence-electron chi connectivity index (χ3n) is 6.03. The molecule has 1 saturated heterocycles. The van der Waals surface area contributed by atoms with Gasteiger partial charge in [-0.15, -0.1) is 0 Å². The van der Waals surface area contributed by atoms with Gasteiger partial charge in [-0.2, -0.15) is 0 Å². The fourth-order valence-corrected chi connectivity index (χ4v) is 4.30. The van der Waals surface area contributed by atoms with E-state index >= 15 is 0 Å². The minimum atomic E-state index is 0.387. The number of piperazine rings is 1. The van der Waals surface area contributed by atoms with E-state index in [1.54, 1.807) is 0 Å². The van der Waals surface area contributed by atoms with Crippen LogP contribution >= 0.6 is 0 Å². The molecule has 1 heterocycles. The molecule has 0 aromatic rings. The van der Waals surface area contributed by atoms with Crippen LogP contribution in [0.4, 0.5) is 0 Å². The standard InChI is InChI=1S/C20H40N2O/c1-16(2)22-14-12-21(13-15-22)11-10-18(5)19-6-8-20(9-7-19)23-17(3)4/h16-20H,6-15H2,1-5H3. The predicted molar refractivity (Wildman–Crippen MR) is 98.9 cm³/mol. The van der Waals surface area contributed by atoms with Crippen molar-refractivity contribution >= 4 is 0 Å². The lowest BCUT2D eigenvalue weighted by atomic mass is 9.78. The maximum atomic E-state index is 5.99. The monoisotopic (exact) mass is 324 g/mol. The number of rotatable bonds is 7. The van der Waals surface area contributed by atoms with Crippen LogP contribution in [0.5, 0.6) is 0 Å². The van der Waals surface area contributed by atoms with Gasteiger partial charge in [0.25, 0.3) is 0 Å². The fraction of sp³-hybridized carbons (Fsp3) is 1.00. The first-order chi connectivity index (χ1) is 11.0. The van der Waals surface area contributed by atoms with E-state index in [0.29, 0.717) is 18.2 Å². The molecule has 0 N–H and O–H groups in total. The maximum absolute atomic E-state index is 5.99. The fourth-order valence-electron chi connectivity index (χ4n) is 4.30. The Morgan fingerprint density at radius 3 is 2.00 bits per heavy atom. The Kier molecular flexibility index (Phi) is 7.84. The van der Waals surface area contributed by atoms with E-state index in [1.165, 1.54) is 64.8 Å². The lowest BCUT2D eigenvalue weighted by Crippen LogP contribution is -2.49. The van der Waals surface area contributed by atoms with Crippen molar-refractivity contribution in [1.82, 2.24) is 9.80 Å². The topological polar surface area (TPSA) is 15.7 Å². The highest BCUT2D eigenvalue weighted by Crippen LogP contribution is 2.33. The first kappa shape index (κ1) is 19.2. The first-order valence-electron chi connectivity index (χ1n) is 10.1. The van der Waals surface area contributed by atoms with Gasteiger partial charge in [-0.3, -0.25) is 4.90 Å². The molecule has 2 aliphatic rings. The summed E-state index contributed by atoms with van der Waals surface area (Å²) in [5.74, 6) is 1.80. The minimum absolute atomic E-state index is 0.387. The predicted octanol–water partition coefficient (Wildman–Crippen LogP) is 4.02. The zero-order valence-electron chi connectivity index (χ0n) is 16.3. The highest BCUT2D eigenvalue weighted by atomic mass is 16.5. The summed E-state index contributed by atoms with van der Waals surface area (Å²) in [6.07, 6.45) is 7.60. The van der Waals surface area contributed by atoms with Gasteiger partial charge in [0.2, 0.25) is 0 Å². The van der Waals surface area contributed by atoms with Crippen LogP contribution in [0, 0.1) is 11.8 Å². The van der Waals surface area contributed by atoms with Crippen LogP contribution in [0.2, 0.25) is 0 Å². The van der Waals surface area contributed by atoms with E-state index < -0.39 is 0 Å². The van der Waals surface area contributed by atoms with Crippen LogP contribution < -0.4 is 0 Å². The Labute approximate surface area is 144 Å². The van der Waals surface area contributed by atoms with Crippen LogP contribution in [-0.2, 0) is 4.74 Å². The normalized spacial score (nSPS) is 29.3. The molecular formula is C20H40N2O. The highest BCUT2D eigenvalue weighted by molar-refractivity contribution is 4.79. The van der Waals surface area contributed by atoms with Crippen molar-refractivity contribution in [2.45, 2.75) is 85.0 Å². The smallest absolute Gasteiger partial charge is 0.0578 e. The van der Waals surface area contributed by atoms with E-state index in [1.807, 2.05) is 0 Å². The van der Waals surface area contributed by atoms with Gasteiger partial charge < -0.3 is 9.64 Å². The molecule has 0 spiro atoms. The summed E-state index contributed by atoms with van der Waals surface area (Å²) in [7, 11) is 0. The van der Waals surface area contributed by atoms with Crippen LogP contribution in [0.1, 0.15) is 66.7 Å². The van der Waals surface area contributed by atoms with Crippen molar-refractivity contribution in [3.8, 4) is 0 Å². The van der Waals surface area contributed by atoms with Crippen LogP contribution in [0.3, 0.4) is 0 Å². The summed E-state index contributed by atoms with van der Waals surface area (Å²) >= 11 is 0. The van der Waals surface area contributed by atoms with E-state index in [4.69, 9.17) is 4.74 Å². The second kappa shape index (κ2) is 9.39. The van der Waals surface area contributed by atoms with E-state index in [2.05, 4.69) is 44.4 Å². The van der Waals surface area contributed by atoms with Gasteiger partial charge in [0.15, 0.2) is 0 Å². The molecule has 3 nitrogen and oxygen atoms in total. The molecule has 1 saturated carbocycles. The van der Waals surface area contributed by atoms with E-state index in [-0.39, 0.29) is 0 Å². The minimum Gasteiger partial charge on any atom is -0.376 e. The Hall–Kier alpha value is -0.120. The van der Waals surface area contributed by atoms with Crippen molar-refractivity contribution in [2.24, 2.45) is 11.8 Å². The van der Waals surface area contributed by atoms with Crippen LogP contribution in [-0.4, -0.2) is 60.8 Å². The van der Waals surface area contributed by atoms with Gasteiger partial charge in [0, 0.05) is 32.2 Å². The van der Waals surface area contributed by atoms with Crippen molar-refractivity contribution < 1.29 is 4.74 Å². The number of hydrogen-bond donors (Lipinski definition) is 0. The molecule has 1 atom stereocenters. The van der Waals surface area contributed by atoms with Gasteiger partial charge in [0.05, 0.1) is 12.2 Å². The summed E-state index contributed by atoms with van der Waals surface area (Å²) in [5, 5.41) is 0. The summed E-state index contributed by atoms with van der Waals surface area (Å²) in [6.45, 7) is 17.8. The molecule has 0 amide bonds. The molecule has 0 bridgehead atoms. The maximum Gasteiger partial charge on any atom is 0.0578 e. The largest absolute Gasteiger partial charge is 0.376 e. The second-order valence-electron chi connectivity index (χ2n) is 8.46. The SMILES string of the molecule is CC(C)OC1CCC(C(C)CCN2CCN(C(C)C)CC2)CC1. The third kappa shape index (κ3) is 6.36. The van der Waals surface area contributed by atoms with Gasteiger partial charge in [-0.05, 0) is 78.2 Å². The van der Waals surface area contributed by atoms with Gasteiger partial charge in [0.1, 0.15) is 0 Å².